The number of hydrogen-bond donors (Lipinski definition) is 0. The standard InChI is InChI=1S/C14H15F/c1-4-6-7-8-13-9-11(3)14(15)10-12(13)5-2/h4-5,7-10H,1-2,6H2,3H3/b8-7-. The summed E-state index contributed by atoms with van der Waals surface area (Å²) in [5.41, 5.74) is 2.46. The molecule has 0 amide bonds. The molecule has 0 N–H and O–H groups in total. The van der Waals surface area contributed by atoms with E-state index in [0.717, 1.165) is 17.5 Å². The first-order valence-corrected chi connectivity index (χ1v) is 4.89. The Morgan fingerprint density at radius 1 is 1.27 bits per heavy atom. The normalized spacial score (nSPS) is 10.5. The van der Waals surface area contributed by atoms with Crippen LogP contribution in [0.3, 0.4) is 0 Å². The predicted molar refractivity (Wildman–Crippen MR) is 65.1 cm³/mol. The molecule has 78 valence electrons. The van der Waals surface area contributed by atoms with Gasteiger partial charge < -0.3 is 0 Å². The van der Waals surface area contributed by atoms with Gasteiger partial charge in [0.2, 0.25) is 0 Å². The van der Waals surface area contributed by atoms with Crippen LogP contribution in [0.25, 0.3) is 12.2 Å². The van der Waals surface area contributed by atoms with Crippen LogP contribution >= 0.6 is 0 Å². The molecule has 1 rings (SSSR count). The van der Waals surface area contributed by atoms with E-state index >= 15 is 0 Å². The zero-order chi connectivity index (χ0) is 11.3. The van der Waals surface area contributed by atoms with Gasteiger partial charge in [0, 0.05) is 0 Å². The van der Waals surface area contributed by atoms with Crippen molar-refractivity contribution < 1.29 is 4.39 Å². The van der Waals surface area contributed by atoms with Gasteiger partial charge in [-0.05, 0) is 42.2 Å². The van der Waals surface area contributed by atoms with Crippen molar-refractivity contribution in [3.05, 3.63) is 60.0 Å². The highest BCUT2D eigenvalue weighted by atomic mass is 19.1. The summed E-state index contributed by atoms with van der Waals surface area (Å²) in [5, 5.41) is 0. The number of rotatable bonds is 4. The third-order valence-electron chi connectivity index (χ3n) is 2.18. The number of benzene rings is 1. The summed E-state index contributed by atoms with van der Waals surface area (Å²) in [4.78, 5) is 0. The lowest BCUT2D eigenvalue weighted by molar-refractivity contribution is 0.618. The average Bonchev–Trinajstić information content (AvgIpc) is 2.23. The van der Waals surface area contributed by atoms with Crippen molar-refractivity contribution in [2.45, 2.75) is 13.3 Å². The van der Waals surface area contributed by atoms with Crippen molar-refractivity contribution >= 4 is 12.2 Å². The summed E-state index contributed by atoms with van der Waals surface area (Å²) >= 11 is 0. The molecule has 0 fully saturated rings. The minimum absolute atomic E-state index is 0.189. The van der Waals surface area contributed by atoms with Gasteiger partial charge in [0.25, 0.3) is 0 Å². The molecule has 0 heterocycles. The first-order valence-electron chi connectivity index (χ1n) is 4.89. The minimum Gasteiger partial charge on any atom is -0.207 e. The van der Waals surface area contributed by atoms with Crippen LogP contribution < -0.4 is 0 Å². The summed E-state index contributed by atoms with van der Waals surface area (Å²) < 4.78 is 13.2. The topological polar surface area (TPSA) is 0 Å². The van der Waals surface area contributed by atoms with E-state index in [1.807, 2.05) is 24.3 Å². The molecule has 15 heavy (non-hydrogen) atoms. The lowest BCUT2D eigenvalue weighted by Crippen LogP contribution is -1.88. The fourth-order valence-corrected chi connectivity index (χ4v) is 1.33. The first kappa shape index (κ1) is 11.4. The van der Waals surface area contributed by atoms with Crippen LogP contribution in [0, 0.1) is 12.7 Å². The van der Waals surface area contributed by atoms with Crippen LogP contribution in [0.2, 0.25) is 0 Å². The van der Waals surface area contributed by atoms with Crippen molar-refractivity contribution in [1.82, 2.24) is 0 Å². The molecule has 0 aliphatic rings. The monoisotopic (exact) mass is 202 g/mol. The smallest absolute Gasteiger partial charge is 0.126 e. The van der Waals surface area contributed by atoms with Crippen LogP contribution in [0.15, 0.2) is 37.4 Å². The Morgan fingerprint density at radius 3 is 2.60 bits per heavy atom. The van der Waals surface area contributed by atoms with E-state index in [2.05, 4.69) is 13.2 Å². The number of hydrogen-bond acceptors (Lipinski definition) is 0. The van der Waals surface area contributed by atoms with Crippen LogP contribution in [0.1, 0.15) is 23.1 Å². The van der Waals surface area contributed by atoms with Crippen molar-refractivity contribution in [2.75, 3.05) is 0 Å². The number of aryl methyl sites for hydroxylation is 1. The molecule has 0 atom stereocenters. The quantitative estimate of drug-likeness (QED) is 0.636. The molecule has 0 radical (unpaired) electrons. The Bertz CT molecular complexity index is 400. The lowest BCUT2D eigenvalue weighted by Gasteiger charge is -2.04. The van der Waals surface area contributed by atoms with E-state index < -0.39 is 0 Å². The van der Waals surface area contributed by atoms with Gasteiger partial charge in [-0.25, -0.2) is 4.39 Å². The summed E-state index contributed by atoms with van der Waals surface area (Å²) in [6, 6.07) is 3.34. The largest absolute Gasteiger partial charge is 0.207 e. The molecule has 0 saturated carbocycles. The zero-order valence-electron chi connectivity index (χ0n) is 8.96. The molecule has 1 aromatic rings. The maximum absolute atomic E-state index is 13.2. The van der Waals surface area contributed by atoms with Crippen molar-refractivity contribution in [2.24, 2.45) is 0 Å². The minimum atomic E-state index is -0.189. The Labute approximate surface area is 90.4 Å². The highest BCUT2D eigenvalue weighted by molar-refractivity contribution is 5.65. The summed E-state index contributed by atoms with van der Waals surface area (Å²) in [7, 11) is 0. The Morgan fingerprint density at radius 2 is 2.00 bits per heavy atom. The van der Waals surface area contributed by atoms with E-state index in [4.69, 9.17) is 0 Å². The summed E-state index contributed by atoms with van der Waals surface area (Å²) in [5.74, 6) is -0.189. The fraction of sp³-hybridized carbons (Fsp3) is 0.143. The average molecular weight is 202 g/mol. The fourth-order valence-electron chi connectivity index (χ4n) is 1.33. The van der Waals surface area contributed by atoms with Gasteiger partial charge in [0.05, 0.1) is 0 Å². The molecule has 0 bridgehead atoms. The maximum Gasteiger partial charge on any atom is 0.126 e. The van der Waals surface area contributed by atoms with Crippen molar-refractivity contribution in [3.8, 4) is 0 Å². The third kappa shape index (κ3) is 2.91. The molecule has 0 nitrogen and oxygen atoms in total. The van der Waals surface area contributed by atoms with Gasteiger partial charge in [-0.1, -0.05) is 30.9 Å². The van der Waals surface area contributed by atoms with Gasteiger partial charge in [-0.15, -0.1) is 6.58 Å². The van der Waals surface area contributed by atoms with E-state index in [1.54, 1.807) is 13.0 Å². The van der Waals surface area contributed by atoms with Gasteiger partial charge >= 0.3 is 0 Å². The first-order chi connectivity index (χ1) is 7.19. The molecule has 0 aromatic heterocycles. The molecule has 0 saturated heterocycles. The summed E-state index contributed by atoms with van der Waals surface area (Å²) in [6.45, 7) is 9.06. The van der Waals surface area contributed by atoms with Gasteiger partial charge in [-0.3, -0.25) is 0 Å². The molecule has 0 aliphatic carbocycles. The van der Waals surface area contributed by atoms with E-state index in [0.29, 0.717) is 5.56 Å². The van der Waals surface area contributed by atoms with Crippen LogP contribution in [0.4, 0.5) is 4.39 Å². The van der Waals surface area contributed by atoms with Crippen LogP contribution in [0.5, 0.6) is 0 Å². The second-order valence-corrected chi connectivity index (χ2v) is 3.36. The second-order valence-electron chi connectivity index (χ2n) is 3.36. The van der Waals surface area contributed by atoms with Gasteiger partial charge in [-0.2, -0.15) is 0 Å². The lowest BCUT2D eigenvalue weighted by atomic mass is 10.0. The number of allylic oxidation sites excluding steroid dienone is 2. The van der Waals surface area contributed by atoms with Crippen LogP contribution in [-0.2, 0) is 0 Å². The Kier molecular flexibility index (Phi) is 4.04. The van der Waals surface area contributed by atoms with Gasteiger partial charge in [0.1, 0.15) is 5.82 Å². The molecule has 0 unspecified atom stereocenters. The van der Waals surface area contributed by atoms with Gasteiger partial charge in [0.15, 0.2) is 0 Å². The van der Waals surface area contributed by atoms with Crippen molar-refractivity contribution in [1.29, 1.82) is 0 Å². The van der Waals surface area contributed by atoms with E-state index in [9.17, 15) is 4.39 Å². The van der Waals surface area contributed by atoms with E-state index in [-0.39, 0.29) is 5.82 Å². The SMILES string of the molecule is C=CC/C=C\c1cc(C)c(F)cc1C=C. The molecule has 0 spiro atoms. The molecule has 1 heteroatoms. The number of halogens is 1. The highest BCUT2D eigenvalue weighted by Crippen LogP contribution is 2.18. The Balaban J connectivity index is 3.10. The zero-order valence-corrected chi connectivity index (χ0v) is 8.96. The Hall–Kier alpha value is -1.63. The molecule has 0 aliphatic heterocycles. The van der Waals surface area contributed by atoms with E-state index in [1.165, 1.54) is 6.07 Å². The van der Waals surface area contributed by atoms with Crippen LogP contribution in [-0.4, -0.2) is 0 Å². The third-order valence-corrected chi connectivity index (χ3v) is 2.18. The maximum atomic E-state index is 13.2. The van der Waals surface area contributed by atoms with Crippen molar-refractivity contribution in [3.63, 3.8) is 0 Å². The molecular weight excluding hydrogens is 187 g/mol. The molecular formula is C14H15F. The highest BCUT2D eigenvalue weighted by Gasteiger charge is 2.02. The molecule has 1 aromatic carbocycles. The summed E-state index contributed by atoms with van der Waals surface area (Å²) in [6.07, 6.45) is 8.25. The predicted octanol–water partition coefficient (Wildman–Crippen LogP) is 4.37. The second kappa shape index (κ2) is 5.30.